The standard InChI is InChI=1S/C13H11BrF2N2/c1-7-6-18-5-4-8(7)13(17)11-10(15)3-2-9(14)12(11)16/h2-6,13H,17H2,1H3. The van der Waals surface area contributed by atoms with E-state index in [1.807, 2.05) is 0 Å². The lowest BCUT2D eigenvalue weighted by molar-refractivity contribution is 0.539. The highest BCUT2D eigenvalue weighted by molar-refractivity contribution is 9.10. The van der Waals surface area contributed by atoms with Gasteiger partial charge in [-0.05, 0) is 52.2 Å². The SMILES string of the molecule is Cc1cnccc1C(N)c1c(F)ccc(Br)c1F. The number of pyridine rings is 1. The summed E-state index contributed by atoms with van der Waals surface area (Å²) in [7, 11) is 0. The summed E-state index contributed by atoms with van der Waals surface area (Å²) in [6, 6.07) is 3.32. The molecular formula is C13H11BrF2N2. The Morgan fingerprint density at radius 3 is 2.67 bits per heavy atom. The number of nitrogens with two attached hydrogens (primary N) is 1. The van der Waals surface area contributed by atoms with Crippen molar-refractivity contribution in [3.63, 3.8) is 0 Å². The summed E-state index contributed by atoms with van der Waals surface area (Å²) < 4.78 is 27.9. The maximum absolute atomic E-state index is 13.9. The monoisotopic (exact) mass is 312 g/mol. The molecule has 5 heteroatoms. The molecule has 94 valence electrons. The molecule has 0 saturated carbocycles. The third kappa shape index (κ3) is 2.28. The van der Waals surface area contributed by atoms with Crippen molar-refractivity contribution in [3.8, 4) is 0 Å². The number of aromatic nitrogens is 1. The van der Waals surface area contributed by atoms with Gasteiger partial charge in [-0.3, -0.25) is 4.98 Å². The first-order valence-corrected chi connectivity index (χ1v) is 6.11. The summed E-state index contributed by atoms with van der Waals surface area (Å²) in [5, 5.41) is 0. The van der Waals surface area contributed by atoms with Gasteiger partial charge in [0.25, 0.3) is 0 Å². The Morgan fingerprint density at radius 1 is 1.28 bits per heavy atom. The van der Waals surface area contributed by atoms with Gasteiger partial charge in [-0.15, -0.1) is 0 Å². The first-order valence-electron chi connectivity index (χ1n) is 5.32. The number of aryl methyl sites for hydroxylation is 1. The molecule has 0 spiro atoms. The Bertz CT molecular complexity index is 587. The van der Waals surface area contributed by atoms with Crippen LogP contribution in [0.5, 0.6) is 0 Å². The fraction of sp³-hybridized carbons (Fsp3) is 0.154. The molecule has 2 rings (SSSR count). The molecule has 1 unspecified atom stereocenters. The van der Waals surface area contributed by atoms with Crippen molar-refractivity contribution in [2.75, 3.05) is 0 Å². The predicted molar refractivity (Wildman–Crippen MR) is 69.1 cm³/mol. The Labute approximate surface area is 112 Å². The van der Waals surface area contributed by atoms with Crippen LogP contribution in [0.3, 0.4) is 0 Å². The molecule has 0 aliphatic rings. The van der Waals surface area contributed by atoms with Crippen LogP contribution in [0.4, 0.5) is 8.78 Å². The summed E-state index contributed by atoms with van der Waals surface area (Å²) in [6.45, 7) is 1.80. The zero-order valence-electron chi connectivity index (χ0n) is 9.62. The highest BCUT2D eigenvalue weighted by Crippen LogP contribution is 2.30. The van der Waals surface area contributed by atoms with Crippen LogP contribution in [0.15, 0.2) is 35.1 Å². The van der Waals surface area contributed by atoms with E-state index in [-0.39, 0.29) is 10.0 Å². The molecule has 1 aromatic heterocycles. The van der Waals surface area contributed by atoms with Gasteiger partial charge in [0.15, 0.2) is 0 Å². The van der Waals surface area contributed by atoms with E-state index in [0.29, 0.717) is 5.56 Å². The predicted octanol–water partition coefficient (Wildman–Crippen LogP) is 3.48. The maximum Gasteiger partial charge on any atom is 0.145 e. The third-order valence-corrected chi connectivity index (χ3v) is 3.40. The van der Waals surface area contributed by atoms with Crippen LogP contribution in [0.25, 0.3) is 0 Å². The summed E-state index contributed by atoms with van der Waals surface area (Å²) in [5.41, 5.74) is 7.27. The molecule has 0 fully saturated rings. The van der Waals surface area contributed by atoms with E-state index in [1.165, 1.54) is 12.1 Å². The van der Waals surface area contributed by atoms with E-state index in [4.69, 9.17) is 5.73 Å². The topological polar surface area (TPSA) is 38.9 Å². The van der Waals surface area contributed by atoms with Gasteiger partial charge in [-0.2, -0.15) is 0 Å². The zero-order chi connectivity index (χ0) is 13.3. The van der Waals surface area contributed by atoms with Crippen LogP contribution in [-0.4, -0.2) is 4.98 Å². The smallest absolute Gasteiger partial charge is 0.145 e. The highest BCUT2D eigenvalue weighted by Gasteiger charge is 2.21. The van der Waals surface area contributed by atoms with Gasteiger partial charge in [-0.25, -0.2) is 8.78 Å². The fourth-order valence-electron chi connectivity index (χ4n) is 1.82. The van der Waals surface area contributed by atoms with Gasteiger partial charge in [0.1, 0.15) is 11.6 Å². The average molecular weight is 313 g/mol. The van der Waals surface area contributed by atoms with E-state index in [0.717, 1.165) is 5.56 Å². The number of hydrogen-bond acceptors (Lipinski definition) is 2. The molecule has 0 amide bonds. The van der Waals surface area contributed by atoms with E-state index >= 15 is 0 Å². The number of nitrogens with zero attached hydrogens (tertiary/aromatic N) is 1. The minimum atomic E-state index is -0.856. The third-order valence-electron chi connectivity index (χ3n) is 2.79. The van der Waals surface area contributed by atoms with Crippen LogP contribution in [-0.2, 0) is 0 Å². The normalized spacial score (nSPS) is 12.5. The maximum atomic E-state index is 13.9. The van der Waals surface area contributed by atoms with Crippen molar-refractivity contribution in [2.24, 2.45) is 5.73 Å². The Hall–Kier alpha value is -1.33. The van der Waals surface area contributed by atoms with Crippen molar-refractivity contribution < 1.29 is 8.78 Å². The van der Waals surface area contributed by atoms with Crippen molar-refractivity contribution in [1.29, 1.82) is 0 Å². The van der Waals surface area contributed by atoms with Crippen LogP contribution >= 0.6 is 15.9 Å². The van der Waals surface area contributed by atoms with Crippen molar-refractivity contribution >= 4 is 15.9 Å². The Kier molecular flexibility index (Phi) is 3.73. The van der Waals surface area contributed by atoms with Gasteiger partial charge in [-0.1, -0.05) is 0 Å². The fourth-order valence-corrected chi connectivity index (χ4v) is 2.16. The first-order chi connectivity index (χ1) is 8.52. The summed E-state index contributed by atoms with van der Waals surface area (Å²) >= 11 is 3.03. The Balaban J connectivity index is 2.56. The second-order valence-corrected chi connectivity index (χ2v) is 4.82. The van der Waals surface area contributed by atoms with Crippen molar-refractivity contribution in [2.45, 2.75) is 13.0 Å². The van der Waals surface area contributed by atoms with E-state index in [2.05, 4.69) is 20.9 Å². The molecule has 0 bridgehead atoms. The zero-order valence-corrected chi connectivity index (χ0v) is 11.2. The van der Waals surface area contributed by atoms with Gasteiger partial charge in [0, 0.05) is 18.0 Å². The van der Waals surface area contributed by atoms with Gasteiger partial charge >= 0.3 is 0 Å². The molecular weight excluding hydrogens is 302 g/mol. The Morgan fingerprint density at radius 2 is 2.00 bits per heavy atom. The highest BCUT2D eigenvalue weighted by atomic mass is 79.9. The van der Waals surface area contributed by atoms with Gasteiger partial charge in [0.2, 0.25) is 0 Å². The number of halogens is 3. The van der Waals surface area contributed by atoms with Gasteiger partial charge < -0.3 is 5.73 Å². The average Bonchev–Trinajstić information content (AvgIpc) is 2.35. The van der Waals surface area contributed by atoms with Crippen molar-refractivity contribution in [1.82, 2.24) is 4.98 Å². The van der Waals surface area contributed by atoms with Crippen LogP contribution < -0.4 is 5.73 Å². The lowest BCUT2D eigenvalue weighted by atomic mass is 9.96. The van der Waals surface area contributed by atoms with Crippen LogP contribution in [0.1, 0.15) is 22.7 Å². The van der Waals surface area contributed by atoms with E-state index in [1.54, 1.807) is 25.4 Å². The summed E-state index contributed by atoms with van der Waals surface area (Å²) in [4.78, 5) is 3.93. The number of rotatable bonds is 2. The lowest BCUT2D eigenvalue weighted by Gasteiger charge is -2.16. The minimum Gasteiger partial charge on any atom is -0.320 e. The molecule has 0 aliphatic heterocycles. The summed E-state index contributed by atoms with van der Waals surface area (Å²) in [5.74, 6) is -1.32. The molecule has 2 nitrogen and oxygen atoms in total. The summed E-state index contributed by atoms with van der Waals surface area (Å²) in [6.07, 6.45) is 3.17. The second-order valence-electron chi connectivity index (χ2n) is 3.97. The lowest BCUT2D eigenvalue weighted by Crippen LogP contribution is -2.17. The second kappa shape index (κ2) is 5.12. The molecule has 0 aliphatic carbocycles. The molecule has 0 saturated heterocycles. The van der Waals surface area contributed by atoms with E-state index < -0.39 is 17.7 Å². The quantitative estimate of drug-likeness (QED) is 0.862. The van der Waals surface area contributed by atoms with E-state index in [9.17, 15) is 8.78 Å². The molecule has 1 aromatic carbocycles. The van der Waals surface area contributed by atoms with Crippen molar-refractivity contribution in [3.05, 3.63) is 63.4 Å². The molecule has 1 heterocycles. The van der Waals surface area contributed by atoms with Crippen LogP contribution in [0, 0.1) is 18.6 Å². The largest absolute Gasteiger partial charge is 0.320 e. The molecule has 2 N–H and O–H groups in total. The molecule has 2 aromatic rings. The number of hydrogen-bond donors (Lipinski definition) is 1. The first kappa shape index (κ1) is 13.1. The van der Waals surface area contributed by atoms with Gasteiger partial charge in [0.05, 0.1) is 10.5 Å². The molecule has 18 heavy (non-hydrogen) atoms. The molecule has 0 radical (unpaired) electrons. The van der Waals surface area contributed by atoms with Crippen LogP contribution in [0.2, 0.25) is 0 Å². The molecule has 1 atom stereocenters. The minimum absolute atomic E-state index is 0.140. The number of benzene rings is 1.